The molecule has 1 amide bonds. The van der Waals surface area contributed by atoms with Gasteiger partial charge in [0.05, 0.1) is 17.3 Å². The molecule has 4 aliphatic rings. The molecule has 148 valence electrons. The standard InChI is InChI=1S/C19H29N5O3/c20-15(26)14-11-21-17(23-16(14)22-12-2-1-3-13(25)10-12)24-18-4-7-19(27,8-5-18)9-6-18/h11-13,25,27H,1-10H2,(H2,20,26)(H2,21,22,23,24)/t12-,13+,18?,19?/m1/s1. The molecular weight excluding hydrogens is 346 g/mol. The third-order valence-corrected chi connectivity index (χ3v) is 6.63. The molecule has 5 rings (SSSR count). The summed E-state index contributed by atoms with van der Waals surface area (Å²) in [5.41, 5.74) is 5.18. The number of hydrogen-bond donors (Lipinski definition) is 5. The number of amides is 1. The summed E-state index contributed by atoms with van der Waals surface area (Å²) < 4.78 is 0. The van der Waals surface area contributed by atoms with Crippen LogP contribution in [0.3, 0.4) is 0 Å². The molecule has 0 unspecified atom stereocenters. The Morgan fingerprint density at radius 2 is 1.89 bits per heavy atom. The average Bonchev–Trinajstić information content (AvgIpc) is 2.63. The number of nitrogens with one attached hydrogen (secondary N) is 2. The highest BCUT2D eigenvalue weighted by Crippen LogP contribution is 2.48. The number of hydrogen-bond acceptors (Lipinski definition) is 7. The van der Waals surface area contributed by atoms with Gasteiger partial charge in [-0.3, -0.25) is 4.79 Å². The molecule has 0 aliphatic heterocycles. The number of rotatable bonds is 5. The molecule has 0 saturated heterocycles. The molecular formula is C19H29N5O3. The largest absolute Gasteiger partial charge is 0.393 e. The van der Waals surface area contributed by atoms with E-state index in [0.29, 0.717) is 18.2 Å². The van der Waals surface area contributed by atoms with Gasteiger partial charge >= 0.3 is 0 Å². The zero-order valence-corrected chi connectivity index (χ0v) is 15.6. The SMILES string of the molecule is NC(=O)c1cnc(NC23CCC(O)(CC2)CC3)nc1N[C@@H]1CCC[C@H](O)C1. The second-order valence-corrected chi connectivity index (χ2v) is 8.61. The fourth-order valence-corrected chi connectivity index (χ4v) is 4.81. The Kier molecular flexibility index (Phi) is 4.71. The Morgan fingerprint density at radius 3 is 2.52 bits per heavy atom. The van der Waals surface area contributed by atoms with Crippen LogP contribution in [-0.2, 0) is 0 Å². The third-order valence-electron chi connectivity index (χ3n) is 6.63. The summed E-state index contributed by atoms with van der Waals surface area (Å²) in [6, 6.07) is 0.0622. The topological polar surface area (TPSA) is 133 Å². The van der Waals surface area contributed by atoms with Crippen LogP contribution in [0.15, 0.2) is 6.20 Å². The van der Waals surface area contributed by atoms with Gasteiger partial charge in [-0.1, -0.05) is 0 Å². The number of aromatic nitrogens is 2. The van der Waals surface area contributed by atoms with Gasteiger partial charge in [0.1, 0.15) is 5.82 Å². The lowest BCUT2D eigenvalue weighted by molar-refractivity contribution is -0.0581. The predicted molar refractivity (Wildman–Crippen MR) is 101 cm³/mol. The van der Waals surface area contributed by atoms with Crippen molar-refractivity contribution in [1.82, 2.24) is 9.97 Å². The van der Waals surface area contributed by atoms with Crippen molar-refractivity contribution < 1.29 is 15.0 Å². The Bertz CT molecular complexity index is 701. The molecule has 1 aromatic heterocycles. The number of carbonyl (C=O) groups excluding carboxylic acids is 1. The van der Waals surface area contributed by atoms with Gasteiger partial charge in [-0.15, -0.1) is 0 Å². The second-order valence-electron chi connectivity index (χ2n) is 8.61. The number of fused-ring (bicyclic) bond motifs is 3. The first-order valence-electron chi connectivity index (χ1n) is 9.99. The van der Waals surface area contributed by atoms with Crippen LogP contribution in [0.5, 0.6) is 0 Å². The number of aliphatic hydroxyl groups is 2. The fourth-order valence-electron chi connectivity index (χ4n) is 4.81. The summed E-state index contributed by atoms with van der Waals surface area (Å²) >= 11 is 0. The minimum atomic E-state index is -0.570. The molecule has 8 nitrogen and oxygen atoms in total. The van der Waals surface area contributed by atoms with Crippen LogP contribution < -0.4 is 16.4 Å². The molecule has 0 spiro atoms. The number of aliphatic hydroxyl groups excluding tert-OH is 1. The summed E-state index contributed by atoms with van der Waals surface area (Å²) in [6.45, 7) is 0. The number of primary amides is 1. The summed E-state index contributed by atoms with van der Waals surface area (Å²) in [6.07, 6.45) is 9.51. The maximum atomic E-state index is 11.8. The molecule has 2 atom stereocenters. The number of nitrogens with two attached hydrogens (primary N) is 1. The fraction of sp³-hybridized carbons (Fsp3) is 0.737. The van der Waals surface area contributed by atoms with Gasteiger partial charge < -0.3 is 26.6 Å². The van der Waals surface area contributed by atoms with Gasteiger partial charge in [0, 0.05) is 17.8 Å². The number of carbonyl (C=O) groups is 1. The van der Waals surface area contributed by atoms with Gasteiger partial charge in [0.25, 0.3) is 5.91 Å². The van der Waals surface area contributed by atoms with E-state index in [1.807, 2.05) is 0 Å². The quantitative estimate of drug-likeness (QED) is 0.527. The van der Waals surface area contributed by atoms with Gasteiger partial charge in [-0.25, -0.2) is 4.98 Å². The van der Waals surface area contributed by atoms with E-state index in [4.69, 9.17) is 5.73 Å². The van der Waals surface area contributed by atoms with Gasteiger partial charge in [-0.05, 0) is 64.2 Å². The van der Waals surface area contributed by atoms with E-state index in [2.05, 4.69) is 20.6 Å². The van der Waals surface area contributed by atoms with Gasteiger partial charge in [-0.2, -0.15) is 4.98 Å². The van der Waals surface area contributed by atoms with Crippen molar-refractivity contribution in [3.8, 4) is 0 Å². The maximum absolute atomic E-state index is 11.8. The Morgan fingerprint density at radius 1 is 1.19 bits per heavy atom. The van der Waals surface area contributed by atoms with Crippen LogP contribution in [0, 0.1) is 0 Å². The summed E-state index contributed by atoms with van der Waals surface area (Å²) in [7, 11) is 0. The monoisotopic (exact) mass is 375 g/mol. The zero-order valence-electron chi connectivity index (χ0n) is 15.6. The van der Waals surface area contributed by atoms with Crippen LogP contribution >= 0.6 is 0 Å². The van der Waals surface area contributed by atoms with E-state index in [0.717, 1.165) is 57.8 Å². The molecule has 2 bridgehead atoms. The molecule has 1 aromatic rings. The first kappa shape index (κ1) is 18.4. The summed E-state index contributed by atoms with van der Waals surface area (Å²) in [4.78, 5) is 20.7. The lowest BCUT2D eigenvalue weighted by atomic mass is 9.63. The molecule has 27 heavy (non-hydrogen) atoms. The van der Waals surface area contributed by atoms with E-state index < -0.39 is 11.5 Å². The van der Waals surface area contributed by atoms with Gasteiger partial charge in [0.2, 0.25) is 5.95 Å². The molecule has 4 fully saturated rings. The highest BCUT2D eigenvalue weighted by Gasteiger charge is 2.48. The lowest BCUT2D eigenvalue weighted by Crippen LogP contribution is -2.54. The maximum Gasteiger partial charge on any atom is 0.254 e. The minimum absolute atomic E-state index is 0.0622. The summed E-state index contributed by atoms with van der Waals surface area (Å²) in [5, 5.41) is 27.1. The van der Waals surface area contributed by atoms with E-state index in [-0.39, 0.29) is 23.2 Å². The summed E-state index contributed by atoms with van der Waals surface area (Å²) in [5.74, 6) is 0.337. The van der Waals surface area contributed by atoms with E-state index in [9.17, 15) is 15.0 Å². The lowest BCUT2D eigenvalue weighted by Gasteiger charge is -2.51. The molecule has 0 aromatic carbocycles. The molecule has 0 radical (unpaired) electrons. The van der Waals surface area contributed by atoms with Gasteiger partial charge in [0.15, 0.2) is 0 Å². The molecule has 1 heterocycles. The van der Waals surface area contributed by atoms with Crippen LogP contribution in [0.2, 0.25) is 0 Å². The van der Waals surface area contributed by atoms with E-state index in [1.165, 1.54) is 6.20 Å². The van der Waals surface area contributed by atoms with Crippen molar-refractivity contribution in [2.24, 2.45) is 5.73 Å². The van der Waals surface area contributed by atoms with Crippen molar-refractivity contribution in [1.29, 1.82) is 0 Å². The van der Waals surface area contributed by atoms with Crippen molar-refractivity contribution >= 4 is 17.7 Å². The van der Waals surface area contributed by atoms with Crippen molar-refractivity contribution in [3.63, 3.8) is 0 Å². The molecule has 4 saturated carbocycles. The van der Waals surface area contributed by atoms with Crippen LogP contribution in [0.1, 0.15) is 74.6 Å². The second kappa shape index (κ2) is 6.91. The Hall–Kier alpha value is -1.93. The number of nitrogens with zero attached hydrogens (tertiary/aromatic N) is 2. The Balaban J connectivity index is 1.53. The van der Waals surface area contributed by atoms with Crippen LogP contribution in [0.4, 0.5) is 11.8 Å². The predicted octanol–water partition coefficient (Wildman–Crippen LogP) is 1.54. The third kappa shape index (κ3) is 3.87. The Labute approximate surface area is 159 Å². The number of anilines is 2. The first-order chi connectivity index (χ1) is 12.9. The van der Waals surface area contributed by atoms with Crippen LogP contribution in [0.25, 0.3) is 0 Å². The van der Waals surface area contributed by atoms with Crippen molar-refractivity contribution in [3.05, 3.63) is 11.8 Å². The average molecular weight is 375 g/mol. The van der Waals surface area contributed by atoms with E-state index in [1.54, 1.807) is 0 Å². The molecule has 4 aliphatic carbocycles. The van der Waals surface area contributed by atoms with Crippen molar-refractivity contribution in [2.75, 3.05) is 10.6 Å². The van der Waals surface area contributed by atoms with E-state index >= 15 is 0 Å². The normalized spacial score (nSPS) is 35.6. The highest BCUT2D eigenvalue weighted by molar-refractivity contribution is 5.97. The first-order valence-corrected chi connectivity index (χ1v) is 9.99. The zero-order chi connectivity index (χ0) is 19.1. The minimum Gasteiger partial charge on any atom is -0.393 e. The molecule has 8 heteroatoms. The molecule has 6 N–H and O–H groups in total. The van der Waals surface area contributed by atoms with Crippen molar-refractivity contribution in [2.45, 2.75) is 87.5 Å². The smallest absolute Gasteiger partial charge is 0.254 e. The highest BCUT2D eigenvalue weighted by atomic mass is 16.3. The van der Waals surface area contributed by atoms with Crippen LogP contribution in [-0.4, -0.2) is 49.4 Å².